The van der Waals surface area contributed by atoms with Crippen molar-refractivity contribution >= 4 is 0 Å². The van der Waals surface area contributed by atoms with Gasteiger partial charge in [-0.15, -0.1) is 0 Å². The third-order valence-corrected chi connectivity index (χ3v) is 7.73. The molecule has 0 aliphatic heterocycles. The molecule has 6 unspecified atom stereocenters. The Labute approximate surface area is 146 Å². The summed E-state index contributed by atoms with van der Waals surface area (Å²) in [6.45, 7) is 19.5. The minimum atomic E-state index is 0.794. The molecule has 6 atom stereocenters. The number of allylic oxidation sites excluding steroid dienone is 1. The molecule has 0 amide bonds. The molecule has 2 aliphatic rings. The topological polar surface area (TPSA) is 0 Å². The monoisotopic (exact) mass is 318 g/mol. The van der Waals surface area contributed by atoms with Gasteiger partial charge in [-0.3, -0.25) is 0 Å². The van der Waals surface area contributed by atoms with Gasteiger partial charge in [0.25, 0.3) is 0 Å². The third kappa shape index (κ3) is 3.42. The van der Waals surface area contributed by atoms with Gasteiger partial charge in [0, 0.05) is 0 Å². The minimum Gasteiger partial charge on any atom is -0.0993 e. The van der Waals surface area contributed by atoms with Gasteiger partial charge in [0.2, 0.25) is 0 Å². The molecule has 0 heteroatoms. The van der Waals surface area contributed by atoms with E-state index in [1.54, 1.807) is 5.57 Å². The van der Waals surface area contributed by atoms with Crippen LogP contribution in [-0.4, -0.2) is 0 Å². The van der Waals surface area contributed by atoms with E-state index in [1.807, 2.05) is 0 Å². The average Bonchev–Trinajstić information content (AvgIpc) is 2.49. The van der Waals surface area contributed by atoms with E-state index < -0.39 is 0 Å². The van der Waals surface area contributed by atoms with E-state index in [2.05, 4.69) is 41.5 Å². The summed E-state index contributed by atoms with van der Waals surface area (Å²) < 4.78 is 0. The largest absolute Gasteiger partial charge is 0.0993 e. The van der Waals surface area contributed by atoms with Crippen LogP contribution in [0, 0.1) is 47.3 Å². The van der Waals surface area contributed by atoms with Crippen molar-refractivity contribution in [3.63, 3.8) is 0 Å². The number of rotatable bonds is 7. The molecule has 2 saturated carbocycles. The molecule has 0 nitrogen and oxygen atoms in total. The lowest BCUT2D eigenvalue weighted by Crippen LogP contribution is -2.49. The highest BCUT2D eigenvalue weighted by atomic mass is 14.5. The molecule has 0 aromatic carbocycles. The van der Waals surface area contributed by atoms with Crippen LogP contribution in [0.4, 0.5) is 0 Å². The van der Waals surface area contributed by atoms with Gasteiger partial charge in [0.1, 0.15) is 0 Å². The van der Waals surface area contributed by atoms with E-state index >= 15 is 0 Å². The lowest BCUT2D eigenvalue weighted by atomic mass is 9.49. The molecular formula is C23H42. The van der Waals surface area contributed by atoms with E-state index in [4.69, 9.17) is 6.58 Å². The van der Waals surface area contributed by atoms with Crippen LogP contribution < -0.4 is 0 Å². The van der Waals surface area contributed by atoms with Crippen molar-refractivity contribution < 1.29 is 0 Å². The van der Waals surface area contributed by atoms with Crippen LogP contribution in [-0.2, 0) is 0 Å². The van der Waals surface area contributed by atoms with E-state index in [1.165, 1.54) is 44.9 Å². The predicted octanol–water partition coefficient (Wildman–Crippen LogP) is 7.35. The Bertz CT molecular complexity index is 375. The molecule has 0 radical (unpaired) electrons. The van der Waals surface area contributed by atoms with Crippen molar-refractivity contribution in [3.05, 3.63) is 12.2 Å². The van der Waals surface area contributed by atoms with Crippen LogP contribution in [0.15, 0.2) is 12.2 Å². The maximum absolute atomic E-state index is 4.72. The second-order valence-electron chi connectivity index (χ2n) is 8.84. The zero-order valence-corrected chi connectivity index (χ0v) is 16.8. The zero-order chi connectivity index (χ0) is 17.1. The van der Waals surface area contributed by atoms with E-state index in [-0.39, 0.29) is 0 Å². The van der Waals surface area contributed by atoms with Crippen LogP contribution >= 0.6 is 0 Å². The number of hydrogen-bond acceptors (Lipinski definition) is 0. The summed E-state index contributed by atoms with van der Waals surface area (Å²) in [6, 6.07) is 0. The fraction of sp³-hybridized carbons (Fsp3) is 0.913. The van der Waals surface area contributed by atoms with E-state index in [9.17, 15) is 0 Å². The van der Waals surface area contributed by atoms with Gasteiger partial charge in [0.15, 0.2) is 0 Å². The van der Waals surface area contributed by atoms with Gasteiger partial charge in [-0.1, -0.05) is 85.8 Å². The molecule has 23 heavy (non-hydrogen) atoms. The number of hydrogen-bond donors (Lipinski definition) is 0. The molecule has 0 aromatic rings. The second-order valence-corrected chi connectivity index (χ2v) is 8.84. The molecule has 0 bridgehead atoms. The van der Waals surface area contributed by atoms with Crippen molar-refractivity contribution in [2.24, 2.45) is 47.3 Å². The molecule has 0 N–H and O–H groups in total. The molecule has 0 spiro atoms. The van der Waals surface area contributed by atoms with Gasteiger partial charge in [-0.2, -0.15) is 0 Å². The van der Waals surface area contributed by atoms with E-state index in [0.717, 1.165) is 47.3 Å². The lowest BCUT2D eigenvalue weighted by molar-refractivity contribution is -0.0387. The molecule has 2 rings (SSSR count). The zero-order valence-electron chi connectivity index (χ0n) is 16.8. The summed E-state index contributed by atoms with van der Waals surface area (Å²) in [4.78, 5) is 0. The minimum absolute atomic E-state index is 0.794. The summed E-state index contributed by atoms with van der Waals surface area (Å²) in [5.41, 5.74) is 1.66. The fourth-order valence-electron chi connectivity index (χ4n) is 6.56. The Kier molecular flexibility index (Phi) is 6.81. The molecular weight excluding hydrogens is 276 g/mol. The molecule has 2 aliphatic carbocycles. The first kappa shape index (κ1) is 19.1. The Morgan fingerprint density at radius 3 is 1.65 bits per heavy atom. The maximum Gasteiger partial charge on any atom is -0.0139 e. The first-order valence-electron chi connectivity index (χ1n) is 10.7. The van der Waals surface area contributed by atoms with Crippen molar-refractivity contribution in [2.45, 2.75) is 86.5 Å². The van der Waals surface area contributed by atoms with Crippen molar-refractivity contribution in [1.82, 2.24) is 0 Å². The van der Waals surface area contributed by atoms with Crippen molar-refractivity contribution in [2.75, 3.05) is 0 Å². The van der Waals surface area contributed by atoms with Crippen LogP contribution in [0.1, 0.15) is 86.5 Å². The molecule has 2 fully saturated rings. The molecule has 0 heterocycles. The normalized spacial score (nSPS) is 38.6. The van der Waals surface area contributed by atoms with Crippen molar-refractivity contribution in [1.29, 1.82) is 0 Å². The highest BCUT2D eigenvalue weighted by Crippen LogP contribution is 2.57. The summed E-state index contributed by atoms with van der Waals surface area (Å²) >= 11 is 0. The summed E-state index contributed by atoms with van der Waals surface area (Å²) in [5, 5.41) is 0. The first-order valence-corrected chi connectivity index (χ1v) is 10.7. The van der Waals surface area contributed by atoms with Gasteiger partial charge in [0.05, 0.1) is 0 Å². The Hall–Kier alpha value is -0.260. The molecule has 134 valence electrons. The Balaban J connectivity index is 2.41. The standard InChI is InChI=1S/C23H42/c1-8-18-19(9-2)21(11-4)23(16(7)17-13-12-14-17)22(15(5)6)20(18)10-3/h15,17-23H,7-14H2,1-6H3. The van der Waals surface area contributed by atoms with Gasteiger partial charge in [-0.05, 0) is 60.2 Å². The highest BCUT2D eigenvalue weighted by Gasteiger charge is 2.50. The van der Waals surface area contributed by atoms with Gasteiger partial charge >= 0.3 is 0 Å². The third-order valence-electron chi connectivity index (χ3n) is 7.73. The smallest absolute Gasteiger partial charge is 0.0139 e. The van der Waals surface area contributed by atoms with Gasteiger partial charge < -0.3 is 0 Å². The molecule has 0 aromatic heterocycles. The quantitative estimate of drug-likeness (QED) is 0.430. The Morgan fingerprint density at radius 1 is 0.826 bits per heavy atom. The summed E-state index contributed by atoms with van der Waals surface area (Å²) in [7, 11) is 0. The van der Waals surface area contributed by atoms with Crippen LogP contribution in [0.5, 0.6) is 0 Å². The summed E-state index contributed by atoms with van der Waals surface area (Å²) in [5.74, 6) is 6.96. The second kappa shape index (κ2) is 8.21. The summed E-state index contributed by atoms with van der Waals surface area (Å²) in [6.07, 6.45) is 9.73. The maximum atomic E-state index is 4.72. The fourth-order valence-corrected chi connectivity index (χ4v) is 6.56. The lowest BCUT2D eigenvalue weighted by Gasteiger charge is -2.55. The average molecular weight is 319 g/mol. The highest BCUT2D eigenvalue weighted by molar-refractivity contribution is 5.16. The predicted molar refractivity (Wildman–Crippen MR) is 103 cm³/mol. The van der Waals surface area contributed by atoms with E-state index in [0.29, 0.717) is 0 Å². The van der Waals surface area contributed by atoms with Crippen LogP contribution in [0.3, 0.4) is 0 Å². The molecule has 0 saturated heterocycles. The van der Waals surface area contributed by atoms with Crippen molar-refractivity contribution in [3.8, 4) is 0 Å². The van der Waals surface area contributed by atoms with Crippen LogP contribution in [0.25, 0.3) is 0 Å². The Morgan fingerprint density at radius 2 is 1.30 bits per heavy atom. The van der Waals surface area contributed by atoms with Gasteiger partial charge in [-0.25, -0.2) is 0 Å². The first-order chi connectivity index (χ1) is 11.0. The van der Waals surface area contributed by atoms with Crippen LogP contribution in [0.2, 0.25) is 0 Å². The SMILES string of the molecule is C=C(C1CCC1)C1C(CC)C(CC)C(CC)C(CC)C1C(C)C.